The van der Waals surface area contributed by atoms with Crippen LogP contribution >= 0.6 is 0 Å². The lowest BCUT2D eigenvalue weighted by Gasteiger charge is -2.39. The van der Waals surface area contributed by atoms with Crippen molar-refractivity contribution in [3.63, 3.8) is 0 Å². The predicted molar refractivity (Wildman–Crippen MR) is 48.2 cm³/mol. The maximum atomic E-state index is 8.51. The molecule has 14 heavy (non-hydrogen) atoms. The fourth-order valence-corrected chi connectivity index (χ4v) is 2.16. The second kappa shape index (κ2) is 3.41. The van der Waals surface area contributed by atoms with Crippen LogP contribution in [0.1, 0.15) is 32.6 Å². The van der Waals surface area contributed by atoms with Gasteiger partial charge in [-0.1, -0.05) is 0 Å². The summed E-state index contributed by atoms with van der Waals surface area (Å²) in [5.41, 5.74) is -0.310. The van der Waals surface area contributed by atoms with Gasteiger partial charge in [-0.05, 0) is 19.8 Å². The molecule has 0 aromatic rings. The van der Waals surface area contributed by atoms with Crippen LogP contribution in [0.5, 0.6) is 0 Å². The molecule has 0 bridgehead atoms. The van der Waals surface area contributed by atoms with E-state index >= 15 is 0 Å². The fraction of sp³-hybridized carbons (Fsp3) is 0.900. The Morgan fingerprint density at radius 1 is 1.14 bits per heavy atom. The van der Waals surface area contributed by atoms with Crippen molar-refractivity contribution < 1.29 is 14.2 Å². The third kappa shape index (κ3) is 1.70. The molecule has 0 aromatic heterocycles. The van der Waals surface area contributed by atoms with E-state index in [2.05, 4.69) is 0 Å². The summed E-state index contributed by atoms with van der Waals surface area (Å²) in [5.74, 6) is -0.363. The molecule has 1 saturated heterocycles. The van der Waals surface area contributed by atoms with E-state index in [9.17, 15) is 0 Å². The summed E-state index contributed by atoms with van der Waals surface area (Å²) in [7, 11) is 0. The highest BCUT2D eigenvalue weighted by molar-refractivity contribution is 4.91. The monoisotopic (exact) mass is 197 g/mol. The molecule has 1 aliphatic carbocycles. The van der Waals surface area contributed by atoms with Gasteiger partial charge in [0.15, 0.2) is 5.79 Å². The van der Waals surface area contributed by atoms with Gasteiger partial charge in [0.05, 0.1) is 13.2 Å². The summed E-state index contributed by atoms with van der Waals surface area (Å²) >= 11 is 0. The largest absolute Gasteiger partial charge is 0.421 e. The number of hydrogen-bond donors (Lipinski definition) is 0. The van der Waals surface area contributed by atoms with E-state index in [-0.39, 0.29) is 11.4 Å². The highest BCUT2D eigenvalue weighted by atomic mass is 16.7. The molecule has 2 fully saturated rings. The molecular formula is C10H15NO3. The van der Waals surface area contributed by atoms with Gasteiger partial charge in [-0.15, -0.1) is 0 Å². The molecule has 0 radical (unpaired) electrons. The molecule has 1 aliphatic heterocycles. The first-order valence-electron chi connectivity index (χ1n) is 5.03. The van der Waals surface area contributed by atoms with Crippen LogP contribution in [0.25, 0.3) is 0 Å². The van der Waals surface area contributed by atoms with E-state index in [1.165, 1.54) is 0 Å². The van der Waals surface area contributed by atoms with Gasteiger partial charge < -0.3 is 14.2 Å². The van der Waals surface area contributed by atoms with Crippen LogP contribution in [-0.2, 0) is 14.2 Å². The zero-order chi connectivity index (χ0) is 10.1. The minimum atomic E-state index is -0.363. The van der Waals surface area contributed by atoms with Crippen LogP contribution in [-0.4, -0.2) is 24.6 Å². The van der Waals surface area contributed by atoms with Gasteiger partial charge in [0, 0.05) is 12.8 Å². The first kappa shape index (κ1) is 9.75. The highest BCUT2D eigenvalue weighted by Gasteiger charge is 2.45. The van der Waals surface area contributed by atoms with Crippen LogP contribution in [0.3, 0.4) is 0 Å². The number of nitrogens with zero attached hydrogens (tertiary/aromatic N) is 1. The topological polar surface area (TPSA) is 51.5 Å². The molecule has 78 valence electrons. The van der Waals surface area contributed by atoms with Crippen LogP contribution in [0.4, 0.5) is 0 Å². The van der Waals surface area contributed by atoms with Crippen molar-refractivity contribution in [2.24, 2.45) is 0 Å². The van der Waals surface area contributed by atoms with Crippen LogP contribution in [0, 0.1) is 11.5 Å². The van der Waals surface area contributed by atoms with E-state index in [1.807, 2.05) is 6.92 Å². The summed E-state index contributed by atoms with van der Waals surface area (Å²) in [5, 5.41) is 8.51. The van der Waals surface area contributed by atoms with Crippen LogP contribution in [0.15, 0.2) is 0 Å². The number of ether oxygens (including phenoxy) is 3. The lowest BCUT2D eigenvalue weighted by atomic mass is 9.82. The third-order valence-corrected chi connectivity index (χ3v) is 3.18. The number of nitriles is 1. The van der Waals surface area contributed by atoms with Gasteiger partial charge in [0.25, 0.3) is 6.26 Å². The van der Waals surface area contributed by atoms with Gasteiger partial charge in [-0.2, -0.15) is 5.26 Å². The van der Waals surface area contributed by atoms with Gasteiger partial charge in [-0.3, -0.25) is 0 Å². The van der Waals surface area contributed by atoms with Gasteiger partial charge in [0.1, 0.15) is 5.60 Å². The molecule has 4 nitrogen and oxygen atoms in total. The second-order valence-corrected chi connectivity index (χ2v) is 4.25. The SMILES string of the molecule is CC1(OC#N)CCC2(CC1)OCCO2. The fourth-order valence-electron chi connectivity index (χ4n) is 2.16. The molecule has 0 N–H and O–H groups in total. The van der Waals surface area contributed by atoms with E-state index < -0.39 is 0 Å². The van der Waals surface area contributed by atoms with Crippen molar-refractivity contribution in [1.82, 2.24) is 0 Å². The molecule has 2 rings (SSSR count). The van der Waals surface area contributed by atoms with Crippen LogP contribution < -0.4 is 0 Å². The average Bonchev–Trinajstić information content (AvgIpc) is 2.61. The molecule has 2 aliphatic rings. The molecule has 1 saturated carbocycles. The molecule has 1 heterocycles. The smallest absolute Gasteiger partial charge is 0.286 e. The van der Waals surface area contributed by atoms with Crippen molar-refractivity contribution in [2.75, 3.05) is 13.2 Å². The Kier molecular flexibility index (Phi) is 2.38. The molecule has 4 heteroatoms. The summed E-state index contributed by atoms with van der Waals surface area (Å²) in [4.78, 5) is 0. The Morgan fingerprint density at radius 3 is 2.21 bits per heavy atom. The Morgan fingerprint density at radius 2 is 1.71 bits per heavy atom. The lowest BCUT2D eigenvalue weighted by Crippen LogP contribution is -2.42. The van der Waals surface area contributed by atoms with Crippen molar-refractivity contribution in [2.45, 2.75) is 44.0 Å². The minimum absolute atomic E-state index is 0.310. The maximum absolute atomic E-state index is 8.51. The minimum Gasteiger partial charge on any atom is -0.421 e. The zero-order valence-corrected chi connectivity index (χ0v) is 8.41. The Labute approximate surface area is 83.7 Å². The maximum Gasteiger partial charge on any atom is 0.286 e. The average molecular weight is 197 g/mol. The normalized spacial score (nSPS) is 28.6. The molecule has 0 aromatic carbocycles. The van der Waals surface area contributed by atoms with E-state index in [1.54, 1.807) is 6.26 Å². The quantitative estimate of drug-likeness (QED) is 0.598. The zero-order valence-electron chi connectivity index (χ0n) is 8.41. The first-order chi connectivity index (χ1) is 6.68. The molecule has 0 atom stereocenters. The number of hydrogen-bond acceptors (Lipinski definition) is 4. The van der Waals surface area contributed by atoms with Crippen molar-refractivity contribution in [1.29, 1.82) is 5.26 Å². The van der Waals surface area contributed by atoms with Gasteiger partial charge in [0.2, 0.25) is 0 Å². The first-order valence-corrected chi connectivity index (χ1v) is 5.03. The van der Waals surface area contributed by atoms with E-state index in [0.29, 0.717) is 13.2 Å². The van der Waals surface area contributed by atoms with E-state index in [4.69, 9.17) is 19.5 Å². The summed E-state index contributed by atoms with van der Waals surface area (Å²) in [6, 6.07) is 0. The van der Waals surface area contributed by atoms with E-state index in [0.717, 1.165) is 25.7 Å². The summed E-state index contributed by atoms with van der Waals surface area (Å²) in [6.45, 7) is 3.35. The standard InChI is InChI=1S/C10H15NO3/c1-9(14-8-11)2-4-10(5-3-9)12-6-7-13-10/h2-7H2,1H3. The summed E-state index contributed by atoms with van der Waals surface area (Å²) < 4.78 is 16.3. The highest BCUT2D eigenvalue weighted by Crippen LogP contribution is 2.41. The molecule has 0 amide bonds. The van der Waals surface area contributed by atoms with Crippen LogP contribution in [0.2, 0.25) is 0 Å². The Bertz CT molecular complexity index is 243. The molecular weight excluding hydrogens is 182 g/mol. The van der Waals surface area contributed by atoms with Crippen molar-refractivity contribution in [3.05, 3.63) is 0 Å². The second-order valence-electron chi connectivity index (χ2n) is 4.25. The summed E-state index contributed by atoms with van der Waals surface area (Å²) in [6.07, 6.45) is 5.06. The molecule has 0 unspecified atom stereocenters. The van der Waals surface area contributed by atoms with Gasteiger partial charge >= 0.3 is 0 Å². The molecule has 1 spiro atoms. The van der Waals surface area contributed by atoms with Gasteiger partial charge in [-0.25, -0.2) is 0 Å². The van der Waals surface area contributed by atoms with Crippen molar-refractivity contribution in [3.8, 4) is 6.26 Å². The third-order valence-electron chi connectivity index (χ3n) is 3.18. The number of rotatable bonds is 1. The van der Waals surface area contributed by atoms with Crippen molar-refractivity contribution >= 4 is 0 Å². The lowest BCUT2D eigenvalue weighted by molar-refractivity contribution is -0.199. The Hall–Kier alpha value is -0.790. The Balaban J connectivity index is 1.94. The predicted octanol–water partition coefficient (Wildman–Crippen LogP) is 1.56.